The summed E-state index contributed by atoms with van der Waals surface area (Å²) >= 11 is 0. The number of ether oxygens (including phenoxy) is 1. The fourth-order valence-corrected chi connectivity index (χ4v) is 8.56. The van der Waals surface area contributed by atoms with Crippen molar-refractivity contribution >= 4 is 60.7 Å². The number of hydrogen-bond donors (Lipinski definition) is 0. The Hall–Kier alpha value is -6.53. The number of pyridine rings is 1. The number of benzene rings is 6. The van der Waals surface area contributed by atoms with E-state index < -0.39 is 0 Å². The second kappa shape index (κ2) is 12.5. The number of hydrogen-bond acceptors (Lipinski definition) is 4. The van der Waals surface area contributed by atoms with Crippen molar-refractivity contribution < 1.29 is 4.74 Å². The lowest BCUT2D eigenvalue weighted by Crippen LogP contribution is -2.42. The maximum absolute atomic E-state index is 6.78. The number of fused-ring (bicyclic) bond motifs is 8. The molecule has 0 fully saturated rings. The third-order valence-electron chi connectivity index (χ3n) is 11.3. The molecule has 6 nitrogen and oxygen atoms in total. The number of anilines is 3. The molecule has 0 aliphatic carbocycles. The molecular weight excluding hydrogens is 687 g/mol. The number of nitrogens with zero attached hydrogens (tertiary/aromatic N) is 5. The van der Waals surface area contributed by atoms with Gasteiger partial charge in [0, 0.05) is 56.8 Å². The average Bonchev–Trinajstić information content (AvgIpc) is 3.86. The molecule has 0 saturated heterocycles. The molecule has 9 aromatic rings. The maximum atomic E-state index is 6.78. The molecule has 0 spiro atoms. The highest BCUT2D eigenvalue weighted by Crippen LogP contribution is 2.46. The van der Waals surface area contributed by atoms with Crippen LogP contribution in [0.1, 0.15) is 47.1 Å². The van der Waals surface area contributed by atoms with Crippen LogP contribution in [0.15, 0.2) is 152 Å². The minimum absolute atomic E-state index is 0.0187. The van der Waals surface area contributed by atoms with Crippen molar-refractivity contribution in [1.29, 1.82) is 0 Å². The van der Waals surface area contributed by atoms with Crippen molar-refractivity contribution in [2.75, 3.05) is 16.5 Å². The summed E-state index contributed by atoms with van der Waals surface area (Å²) < 4.78 is 11.5. The van der Waals surface area contributed by atoms with Crippen LogP contribution in [0.5, 0.6) is 11.5 Å². The third-order valence-corrected chi connectivity index (χ3v) is 11.3. The third kappa shape index (κ3) is 5.42. The first-order chi connectivity index (χ1) is 27.0. The monoisotopic (exact) mass is 731 g/mol. The molecule has 1 aliphatic heterocycles. The van der Waals surface area contributed by atoms with Crippen LogP contribution in [0.2, 0.25) is 0 Å². The van der Waals surface area contributed by atoms with Crippen molar-refractivity contribution in [3.63, 3.8) is 0 Å². The van der Waals surface area contributed by atoms with Crippen molar-refractivity contribution in [2.45, 2.75) is 52.5 Å². The zero-order valence-electron chi connectivity index (χ0n) is 32.8. The molecule has 0 saturated carbocycles. The second-order valence-corrected chi connectivity index (χ2v) is 17.0. The highest BCUT2D eigenvalue weighted by molar-refractivity contribution is 6.26. The topological polar surface area (TPSA) is 38.5 Å². The standard InChI is InChI=1S/C50H45N5O/c1-49(2,3)33-27-28-51-46(29-33)55-44-26-25-39-38-19-10-11-20-41(38)54(34-15-8-7-9-16-34)48(39)47(44)40-24-23-37(31-45(40)55)56-36-18-14-17-35(30-36)52-32-53(50(4,5)6)43-22-13-12-21-42(43)52/h7-31H,32H2,1-6H3. The van der Waals surface area contributed by atoms with Gasteiger partial charge in [-0.3, -0.25) is 4.57 Å². The first kappa shape index (κ1) is 34.0. The molecule has 3 aromatic heterocycles. The Morgan fingerprint density at radius 3 is 2.05 bits per heavy atom. The summed E-state index contributed by atoms with van der Waals surface area (Å²) in [6.45, 7) is 14.3. The Labute approximate surface area is 327 Å². The van der Waals surface area contributed by atoms with Gasteiger partial charge in [0.1, 0.15) is 17.3 Å². The van der Waals surface area contributed by atoms with Crippen molar-refractivity contribution in [2.24, 2.45) is 0 Å². The molecule has 0 atom stereocenters. The van der Waals surface area contributed by atoms with E-state index in [-0.39, 0.29) is 11.0 Å². The quantitative estimate of drug-likeness (QED) is 0.177. The van der Waals surface area contributed by atoms with Crippen LogP contribution in [-0.4, -0.2) is 26.3 Å². The largest absolute Gasteiger partial charge is 0.457 e. The van der Waals surface area contributed by atoms with Crippen LogP contribution in [0.4, 0.5) is 17.1 Å². The van der Waals surface area contributed by atoms with Gasteiger partial charge < -0.3 is 19.1 Å². The van der Waals surface area contributed by atoms with E-state index in [0.29, 0.717) is 0 Å². The number of aromatic nitrogens is 3. The van der Waals surface area contributed by atoms with E-state index in [1.165, 1.54) is 44.1 Å². The van der Waals surface area contributed by atoms with E-state index in [1.54, 1.807) is 0 Å². The molecule has 4 heterocycles. The summed E-state index contributed by atoms with van der Waals surface area (Å²) in [6.07, 6.45) is 1.94. The molecule has 0 radical (unpaired) electrons. The van der Waals surface area contributed by atoms with Crippen LogP contribution < -0.4 is 14.5 Å². The molecule has 0 bridgehead atoms. The van der Waals surface area contributed by atoms with Crippen LogP contribution in [0.25, 0.3) is 55.1 Å². The number of rotatable bonds is 5. The van der Waals surface area contributed by atoms with Gasteiger partial charge in [0.05, 0.1) is 40.1 Å². The summed E-state index contributed by atoms with van der Waals surface area (Å²) in [5, 5.41) is 4.78. The molecule has 0 unspecified atom stereocenters. The van der Waals surface area contributed by atoms with Gasteiger partial charge in [0.25, 0.3) is 0 Å². The van der Waals surface area contributed by atoms with E-state index in [1.807, 2.05) is 12.3 Å². The fraction of sp³-hybridized carbons (Fsp3) is 0.180. The lowest BCUT2D eigenvalue weighted by molar-refractivity contribution is 0.483. The second-order valence-electron chi connectivity index (χ2n) is 17.0. The zero-order valence-corrected chi connectivity index (χ0v) is 32.8. The van der Waals surface area contributed by atoms with E-state index >= 15 is 0 Å². The van der Waals surface area contributed by atoms with Gasteiger partial charge >= 0.3 is 0 Å². The summed E-state index contributed by atoms with van der Waals surface area (Å²) in [7, 11) is 0. The Kier molecular flexibility index (Phi) is 7.59. The summed E-state index contributed by atoms with van der Waals surface area (Å²) in [5.74, 6) is 2.44. The van der Waals surface area contributed by atoms with Gasteiger partial charge in [-0.15, -0.1) is 0 Å². The minimum Gasteiger partial charge on any atom is -0.457 e. The summed E-state index contributed by atoms with van der Waals surface area (Å²) in [6, 6.07) is 52.0. The van der Waals surface area contributed by atoms with Crippen molar-refractivity contribution in [3.05, 3.63) is 157 Å². The maximum Gasteiger partial charge on any atom is 0.137 e. The smallest absolute Gasteiger partial charge is 0.137 e. The highest BCUT2D eigenvalue weighted by atomic mass is 16.5. The molecule has 1 aliphatic rings. The Bertz CT molecular complexity index is 2960. The van der Waals surface area contributed by atoms with E-state index in [9.17, 15) is 0 Å². The summed E-state index contributed by atoms with van der Waals surface area (Å²) in [4.78, 5) is 9.85. The van der Waals surface area contributed by atoms with E-state index in [4.69, 9.17) is 9.72 Å². The molecule has 6 aromatic carbocycles. The van der Waals surface area contributed by atoms with Gasteiger partial charge in [-0.25, -0.2) is 4.98 Å². The number of para-hydroxylation sites is 4. The lowest BCUT2D eigenvalue weighted by atomic mass is 9.88. The minimum atomic E-state index is -0.0392. The van der Waals surface area contributed by atoms with Crippen molar-refractivity contribution in [1.82, 2.24) is 14.1 Å². The predicted octanol–water partition coefficient (Wildman–Crippen LogP) is 13.1. The van der Waals surface area contributed by atoms with E-state index in [0.717, 1.165) is 51.8 Å². The van der Waals surface area contributed by atoms with Crippen molar-refractivity contribution in [3.8, 4) is 23.0 Å². The van der Waals surface area contributed by atoms with Crippen LogP contribution in [0, 0.1) is 0 Å². The van der Waals surface area contributed by atoms with Gasteiger partial charge in [0.15, 0.2) is 0 Å². The molecule has 276 valence electrons. The predicted molar refractivity (Wildman–Crippen MR) is 234 cm³/mol. The molecule has 0 N–H and O–H groups in total. The normalized spacial score (nSPS) is 13.4. The highest BCUT2D eigenvalue weighted by Gasteiger charge is 2.33. The summed E-state index contributed by atoms with van der Waals surface area (Å²) in [5.41, 5.74) is 10.3. The molecule has 56 heavy (non-hydrogen) atoms. The van der Waals surface area contributed by atoms with Gasteiger partial charge in [0.2, 0.25) is 0 Å². The van der Waals surface area contributed by atoms with Crippen LogP contribution >= 0.6 is 0 Å². The molecule has 10 rings (SSSR count). The van der Waals surface area contributed by atoms with Gasteiger partial charge in [-0.1, -0.05) is 81.4 Å². The van der Waals surface area contributed by atoms with E-state index in [2.05, 4.69) is 200 Å². The Balaban J connectivity index is 1.16. The van der Waals surface area contributed by atoms with Crippen LogP contribution in [-0.2, 0) is 5.41 Å². The zero-order chi connectivity index (χ0) is 38.3. The van der Waals surface area contributed by atoms with Crippen LogP contribution in [0.3, 0.4) is 0 Å². The average molecular weight is 732 g/mol. The Morgan fingerprint density at radius 2 is 1.25 bits per heavy atom. The molecule has 6 heteroatoms. The molecule has 0 amide bonds. The van der Waals surface area contributed by atoms with Gasteiger partial charge in [-0.05, 0) is 105 Å². The first-order valence-corrected chi connectivity index (χ1v) is 19.5. The molecular formula is C50H45N5O. The lowest BCUT2D eigenvalue weighted by Gasteiger charge is -2.34. The fourth-order valence-electron chi connectivity index (χ4n) is 8.56. The first-order valence-electron chi connectivity index (χ1n) is 19.5. The SMILES string of the molecule is CC(C)(C)c1ccnc(-n2c3cc(Oc4cccc(N5CN(C(C)(C)C)c6ccccc65)c4)ccc3c3c2ccc2c4ccccc4n(-c4ccccc4)c23)c1. The van der Waals surface area contributed by atoms with Gasteiger partial charge in [-0.2, -0.15) is 0 Å². The Morgan fingerprint density at radius 1 is 0.536 bits per heavy atom.